The molecular formula is C23H25N3O3. The quantitative estimate of drug-likeness (QED) is 0.612. The van der Waals surface area contributed by atoms with Crippen molar-refractivity contribution in [3.63, 3.8) is 0 Å². The lowest BCUT2D eigenvalue weighted by Crippen LogP contribution is -2.30. The highest BCUT2D eigenvalue weighted by Crippen LogP contribution is 2.21. The van der Waals surface area contributed by atoms with Gasteiger partial charge in [0.1, 0.15) is 0 Å². The van der Waals surface area contributed by atoms with E-state index in [9.17, 15) is 9.59 Å². The first-order valence-corrected chi connectivity index (χ1v) is 9.62. The number of carboxylic acids is 1. The molecule has 1 aromatic heterocycles. The molecule has 0 saturated heterocycles. The molecule has 1 heterocycles. The van der Waals surface area contributed by atoms with Crippen molar-refractivity contribution in [2.24, 2.45) is 0 Å². The van der Waals surface area contributed by atoms with Gasteiger partial charge in [-0.1, -0.05) is 48.5 Å². The Bertz CT molecular complexity index is 981. The zero-order valence-corrected chi connectivity index (χ0v) is 16.6. The van der Waals surface area contributed by atoms with Crippen LogP contribution in [0.4, 0.5) is 0 Å². The summed E-state index contributed by atoms with van der Waals surface area (Å²) in [5.41, 5.74) is 4.46. The normalized spacial score (nSPS) is 11.8. The van der Waals surface area contributed by atoms with Crippen molar-refractivity contribution < 1.29 is 14.7 Å². The summed E-state index contributed by atoms with van der Waals surface area (Å²) in [6, 6.07) is 18.9. The second kappa shape index (κ2) is 9.19. The predicted molar refractivity (Wildman–Crippen MR) is 111 cm³/mol. The van der Waals surface area contributed by atoms with E-state index >= 15 is 0 Å². The van der Waals surface area contributed by atoms with Gasteiger partial charge in [-0.15, -0.1) is 0 Å². The van der Waals surface area contributed by atoms with Crippen LogP contribution in [0.3, 0.4) is 0 Å². The average Bonchev–Trinajstić information content (AvgIpc) is 3.00. The molecule has 0 aliphatic rings. The van der Waals surface area contributed by atoms with Crippen molar-refractivity contribution >= 4 is 11.9 Å². The van der Waals surface area contributed by atoms with E-state index in [1.807, 2.05) is 79.2 Å². The molecule has 3 rings (SSSR count). The van der Waals surface area contributed by atoms with Crippen LogP contribution in [0.2, 0.25) is 0 Å². The minimum atomic E-state index is -0.879. The molecule has 0 radical (unpaired) electrons. The Labute approximate surface area is 170 Å². The van der Waals surface area contributed by atoms with E-state index in [1.54, 1.807) is 0 Å². The van der Waals surface area contributed by atoms with Crippen molar-refractivity contribution in [1.82, 2.24) is 15.1 Å². The zero-order valence-electron chi connectivity index (χ0n) is 16.6. The smallest absolute Gasteiger partial charge is 0.303 e. The zero-order chi connectivity index (χ0) is 20.8. The number of carbonyl (C=O) groups excluding carboxylic acids is 1. The number of nitrogens with zero attached hydrogens (tertiary/aromatic N) is 2. The maximum atomic E-state index is 12.8. The number of hydrogen-bond acceptors (Lipinski definition) is 3. The summed E-state index contributed by atoms with van der Waals surface area (Å²) in [5.74, 6) is -1.03. The Morgan fingerprint density at radius 2 is 1.66 bits per heavy atom. The Morgan fingerprint density at radius 1 is 1.03 bits per heavy atom. The lowest BCUT2D eigenvalue weighted by molar-refractivity contribution is -0.137. The van der Waals surface area contributed by atoms with Crippen molar-refractivity contribution in [3.05, 3.63) is 83.2 Å². The van der Waals surface area contributed by atoms with Crippen LogP contribution in [0.1, 0.15) is 41.4 Å². The van der Waals surface area contributed by atoms with Crippen LogP contribution in [0.5, 0.6) is 0 Å². The summed E-state index contributed by atoms with van der Waals surface area (Å²) in [4.78, 5) is 23.8. The molecule has 0 spiro atoms. The molecule has 6 heteroatoms. The average molecular weight is 391 g/mol. The van der Waals surface area contributed by atoms with Gasteiger partial charge in [-0.2, -0.15) is 5.10 Å². The molecule has 2 N–H and O–H groups in total. The third-order valence-corrected chi connectivity index (χ3v) is 4.96. The number of carboxylic acid groups (broad SMARTS) is 1. The molecule has 6 nitrogen and oxygen atoms in total. The topological polar surface area (TPSA) is 84.2 Å². The molecule has 2 aromatic carbocycles. The number of aryl methyl sites for hydroxylation is 1. The molecule has 150 valence electrons. The number of nitrogens with one attached hydrogen (secondary N) is 1. The lowest BCUT2D eigenvalue weighted by Gasteiger charge is -2.18. The van der Waals surface area contributed by atoms with Gasteiger partial charge in [-0.3, -0.25) is 9.59 Å². The predicted octanol–water partition coefficient (Wildman–Crippen LogP) is 3.75. The van der Waals surface area contributed by atoms with E-state index in [-0.39, 0.29) is 24.8 Å². The minimum absolute atomic E-state index is 0.0101. The number of amides is 1. The summed E-state index contributed by atoms with van der Waals surface area (Å²) in [7, 11) is 0. The summed E-state index contributed by atoms with van der Waals surface area (Å²) < 4.78 is 1.84. The fourth-order valence-corrected chi connectivity index (χ4v) is 3.43. The number of rotatable bonds is 8. The third-order valence-electron chi connectivity index (χ3n) is 4.96. The van der Waals surface area contributed by atoms with Gasteiger partial charge in [0.05, 0.1) is 23.8 Å². The van der Waals surface area contributed by atoms with Gasteiger partial charge in [0.15, 0.2) is 0 Å². The van der Waals surface area contributed by atoms with Crippen LogP contribution in [0, 0.1) is 13.8 Å². The molecule has 1 unspecified atom stereocenters. The van der Waals surface area contributed by atoms with Crippen molar-refractivity contribution in [2.45, 2.75) is 39.2 Å². The molecule has 1 amide bonds. The number of aliphatic carboxylic acids is 1. The Kier molecular flexibility index (Phi) is 6.44. The van der Waals surface area contributed by atoms with E-state index in [0.29, 0.717) is 6.42 Å². The number of carbonyl (C=O) groups is 2. The second-order valence-corrected chi connectivity index (χ2v) is 7.04. The Hall–Kier alpha value is -3.41. The number of benzene rings is 2. The Morgan fingerprint density at radius 3 is 2.28 bits per heavy atom. The minimum Gasteiger partial charge on any atom is -0.481 e. The molecule has 0 saturated carbocycles. The highest BCUT2D eigenvalue weighted by atomic mass is 16.4. The van der Waals surface area contributed by atoms with Crippen LogP contribution < -0.4 is 5.32 Å². The first kappa shape index (κ1) is 20.3. The van der Waals surface area contributed by atoms with E-state index < -0.39 is 5.97 Å². The molecule has 1 atom stereocenters. The van der Waals surface area contributed by atoms with Crippen LogP contribution in [-0.4, -0.2) is 26.8 Å². The van der Waals surface area contributed by atoms with Crippen molar-refractivity contribution in [2.75, 3.05) is 0 Å². The van der Waals surface area contributed by atoms with Crippen LogP contribution in [0.15, 0.2) is 60.7 Å². The third kappa shape index (κ3) is 5.10. The van der Waals surface area contributed by atoms with Gasteiger partial charge >= 0.3 is 5.97 Å². The lowest BCUT2D eigenvalue weighted by atomic mass is 10.0. The van der Waals surface area contributed by atoms with Gasteiger partial charge < -0.3 is 10.4 Å². The van der Waals surface area contributed by atoms with Gasteiger partial charge in [0.25, 0.3) is 0 Å². The van der Waals surface area contributed by atoms with Gasteiger partial charge in [-0.05, 0) is 38.0 Å². The fourth-order valence-electron chi connectivity index (χ4n) is 3.43. The summed E-state index contributed by atoms with van der Waals surface area (Å²) in [6.45, 7) is 3.85. The highest BCUT2D eigenvalue weighted by Gasteiger charge is 2.20. The van der Waals surface area contributed by atoms with Crippen molar-refractivity contribution in [1.29, 1.82) is 0 Å². The molecule has 0 aliphatic heterocycles. The van der Waals surface area contributed by atoms with E-state index in [0.717, 1.165) is 28.2 Å². The van der Waals surface area contributed by atoms with Crippen LogP contribution >= 0.6 is 0 Å². The highest BCUT2D eigenvalue weighted by molar-refractivity contribution is 5.79. The standard InChI is InChI=1S/C23H25N3O3/c1-16-20(17(2)26(25-16)19-11-7-4-8-12-19)15-22(27)24-21(13-14-23(28)29)18-9-5-3-6-10-18/h3-12,21H,13-15H2,1-2H3,(H,24,27)(H,28,29). The molecule has 29 heavy (non-hydrogen) atoms. The van der Waals surface area contributed by atoms with E-state index in [2.05, 4.69) is 10.4 Å². The fraction of sp³-hybridized carbons (Fsp3) is 0.261. The first-order valence-electron chi connectivity index (χ1n) is 9.62. The number of aromatic nitrogens is 2. The van der Waals surface area contributed by atoms with Crippen LogP contribution in [0.25, 0.3) is 5.69 Å². The van der Waals surface area contributed by atoms with E-state index in [4.69, 9.17) is 5.11 Å². The van der Waals surface area contributed by atoms with Crippen molar-refractivity contribution in [3.8, 4) is 5.69 Å². The number of para-hydroxylation sites is 1. The van der Waals surface area contributed by atoms with Gasteiger partial charge in [0.2, 0.25) is 5.91 Å². The first-order chi connectivity index (χ1) is 14.0. The largest absolute Gasteiger partial charge is 0.481 e. The summed E-state index contributed by atoms with van der Waals surface area (Å²) in [5, 5.41) is 16.6. The van der Waals surface area contributed by atoms with E-state index in [1.165, 1.54) is 0 Å². The maximum Gasteiger partial charge on any atom is 0.303 e. The monoisotopic (exact) mass is 391 g/mol. The Balaban J connectivity index is 1.76. The van der Waals surface area contributed by atoms with Gasteiger partial charge in [0, 0.05) is 17.7 Å². The summed E-state index contributed by atoms with van der Waals surface area (Å²) >= 11 is 0. The molecule has 0 fully saturated rings. The summed E-state index contributed by atoms with van der Waals surface area (Å²) in [6.07, 6.45) is 0.525. The maximum absolute atomic E-state index is 12.8. The molecular weight excluding hydrogens is 366 g/mol. The molecule has 0 bridgehead atoms. The van der Waals surface area contributed by atoms with Crippen LogP contribution in [-0.2, 0) is 16.0 Å². The number of hydrogen-bond donors (Lipinski definition) is 2. The molecule has 0 aliphatic carbocycles. The van der Waals surface area contributed by atoms with Gasteiger partial charge in [-0.25, -0.2) is 4.68 Å². The molecule has 3 aromatic rings. The second-order valence-electron chi connectivity index (χ2n) is 7.04. The SMILES string of the molecule is Cc1nn(-c2ccccc2)c(C)c1CC(=O)NC(CCC(=O)O)c1ccccc1.